The molecule has 3 amide bonds. The van der Waals surface area contributed by atoms with Gasteiger partial charge in [0.25, 0.3) is 0 Å². The molecular weight excluding hydrogens is 474 g/mol. The van der Waals surface area contributed by atoms with E-state index in [1.807, 2.05) is 26.0 Å². The zero-order valence-electron chi connectivity index (χ0n) is 22.5. The molecule has 0 unspecified atom stereocenters. The number of benzene rings is 2. The highest BCUT2D eigenvalue weighted by Crippen LogP contribution is 2.22. The number of phenolic OH excluding ortho intramolecular Hbond substituents is 2. The van der Waals surface area contributed by atoms with E-state index < -0.39 is 29.7 Å². The fraction of sp³-hybridized carbons (Fsp3) is 0.464. The number of hydrogen-bond acceptors (Lipinski definition) is 6. The molecule has 0 saturated carbocycles. The lowest BCUT2D eigenvalue weighted by Gasteiger charge is -2.25. The normalized spacial score (nSPS) is 12.8. The van der Waals surface area contributed by atoms with Gasteiger partial charge >= 0.3 is 6.09 Å². The average molecular weight is 514 g/mol. The minimum Gasteiger partial charge on any atom is -0.508 e. The van der Waals surface area contributed by atoms with Crippen molar-refractivity contribution in [3.63, 3.8) is 0 Å². The van der Waals surface area contributed by atoms with Gasteiger partial charge in [0, 0.05) is 13.0 Å². The summed E-state index contributed by atoms with van der Waals surface area (Å²) in [5.74, 6) is -0.538. The zero-order valence-corrected chi connectivity index (χ0v) is 22.5. The molecule has 9 heteroatoms. The summed E-state index contributed by atoms with van der Waals surface area (Å²) in [4.78, 5) is 38.2. The predicted molar refractivity (Wildman–Crippen MR) is 141 cm³/mol. The third-order valence-electron chi connectivity index (χ3n) is 5.73. The molecule has 2 aromatic rings. The smallest absolute Gasteiger partial charge is 0.408 e. The van der Waals surface area contributed by atoms with Crippen molar-refractivity contribution >= 4 is 17.9 Å². The predicted octanol–water partition coefficient (Wildman–Crippen LogP) is 3.40. The summed E-state index contributed by atoms with van der Waals surface area (Å²) in [6, 6.07) is 8.26. The SMILES string of the molecule is Cc1cc(O)cc(C)c1C[C@H](NC(=O)OC(C)(C)C)C(=O)N[C@H](C)C(=O)NCCCc1ccc(O)cc1. The van der Waals surface area contributed by atoms with Crippen LogP contribution in [-0.2, 0) is 27.2 Å². The Hall–Kier alpha value is -3.75. The first kappa shape index (κ1) is 29.5. The van der Waals surface area contributed by atoms with Crippen molar-refractivity contribution in [2.75, 3.05) is 6.54 Å². The van der Waals surface area contributed by atoms with Gasteiger partial charge < -0.3 is 30.9 Å². The Kier molecular flexibility index (Phi) is 10.3. The summed E-state index contributed by atoms with van der Waals surface area (Å²) in [5.41, 5.74) is 2.66. The van der Waals surface area contributed by atoms with E-state index in [1.165, 1.54) is 0 Å². The van der Waals surface area contributed by atoms with Gasteiger partial charge in [-0.1, -0.05) is 12.1 Å². The lowest BCUT2D eigenvalue weighted by Crippen LogP contribution is -2.54. The highest BCUT2D eigenvalue weighted by atomic mass is 16.6. The van der Waals surface area contributed by atoms with Crippen molar-refractivity contribution in [1.82, 2.24) is 16.0 Å². The standard InChI is InChI=1S/C28H39N3O6/c1-17-14-22(33)15-18(2)23(17)16-24(31-27(36)37-28(4,5)6)26(35)30-19(3)25(34)29-13-7-8-20-9-11-21(32)12-10-20/h9-12,14-15,19,24,32-33H,7-8,13,16H2,1-6H3,(H,29,34)(H,30,35)(H,31,36)/t19-,24+/m1/s1. The fourth-order valence-corrected chi connectivity index (χ4v) is 3.86. The topological polar surface area (TPSA) is 137 Å². The van der Waals surface area contributed by atoms with Crippen molar-refractivity contribution in [3.05, 3.63) is 58.7 Å². The Balaban J connectivity index is 2.01. The minimum atomic E-state index is -0.999. The number of nitrogens with one attached hydrogen (secondary N) is 3. The second kappa shape index (κ2) is 13.0. The Morgan fingerprint density at radius 1 is 0.919 bits per heavy atom. The van der Waals surface area contributed by atoms with Crippen LogP contribution in [0.3, 0.4) is 0 Å². The number of phenols is 2. The molecule has 2 aromatic carbocycles. The molecule has 0 aliphatic carbocycles. The number of aromatic hydroxyl groups is 2. The molecule has 0 aromatic heterocycles. The van der Waals surface area contributed by atoms with E-state index >= 15 is 0 Å². The van der Waals surface area contributed by atoms with Crippen LogP contribution in [0.1, 0.15) is 56.4 Å². The van der Waals surface area contributed by atoms with E-state index in [0.717, 1.165) is 28.7 Å². The van der Waals surface area contributed by atoms with Crippen molar-refractivity contribution in [2.45, 2.75) is 78.5 Å². The van der Waals surface area contributed by atoms with E-state index in [0.29, 0.717) is 13.0 Å². The molecule has 0 heterocycles. The van der Waals surface area contributed by atoms with Gasteiger partial charge in [-0.05, 0) is 101 Å². The van der Waals surface area contributed by atoms with Gasteiger partial charge in [-0.25, -0.2) is 4.79 Å². The van der Waals surface area contributed by atoms with Gasteiger partial charge in [0.2, 0.25) is 11.8 Å². The Labute approximate surface area is 218 Å². The van der Waals surface area contributed by atoms with Gasteiger partial charge in [0.1, 0.15) is 29.2 Å². The average Bonchev–Trinajstić information content (AvgIpc) is 2.77. The van der Waals surface area contributed by atoms with Gasteiger partial charge in [0.15, 0.2) is 0 Å². The van der Waals surface area contributed by atoms with Crippen molar-refractivity contribution < 1.29 is 29.3 Å². The summed E-state index contributed by atoms with van der Waals surface area (Å²) in [6.07, 6.45) is 0.839. The van der Waals surface area contributed by atoms with E-state index in [2.05, 4.69) is 16.0 Å². The maximum absolute atomic E-state index is 13.2. The van der Waals surface area contributed by atoms with Gasteiger partial charge in [-0.2, -0.15) is 0 Å². The maximum atomic E-state index is 13.2. The summed E-state index contributed by atoms with van der Waals surface area (Å²) in [6.45, 7) is 10.8. The summed E-state index contributed by atoms with van der Waals surface area (Å²) >= 11 is 0. The Morgan fingerprint density at radius 3 is 2.08 bits per heavy atom. The molecule has 0 spiro atoms. The van der Waals surface area contributed by atoms with E-state index in [9.17, 15) is 24.6 Å². The second-order valence-electron chi connectivity index (χ2n) is 10.3. The fourth-order valence-electron chi connectivity index (χ4n) is 3.86. The number of hydrogen-bond donors (Lipinski definition) is 5. The molecule has 37 heavy (non-hydrogen) atoms. The number of ether oxygens (including phenoxy) is 1. The lowest BCUT2D eigenvalue weighted by molar-refractivity contribution is -0.129. The quantitative estimate of drug-likeness (QED) is 0.309. The summed E-state index contributed by atoms with van der Waals surface area (Å²) in [7, 11) is 0. The second-order valence-corrected chi connectivity index (χ2v) is 10.3. The van der Waals surface area contributed by atoms with Crippen LogP contribution in [0.5, 0.6) is 11.5 Å². The number of amides is 3. The van der Waals surface area contributed by atoms with Crippen LogP contribution in [0, 0.1) is 13.8 Å². The van der Waals surface area contributed by atoms with E-state index in [4.69, 9.17) is 4.74 Å². The first-order valence-corrected chi connectivity index (χ1v) is 12.4. The number of alkyl carbamates (subject to hydrolysis) is 1. The number of carbonyl (C=O) groups excluding carboxylic acids is 3. The molecule has 5 N–H and O–H groups in total. The first-order chi connectivity index (χ1) is 17.2. The third-order valence-corrected chi connectivity index (χ3v) is 5.73. The summed E-state index contributed by atoms with van der Waals surface area (Å²) in [5, 5.41) is 27.3. The minimum absolute atomic E-state index is 0.121. The first-order valence-electron chi connectivity index (χ1n) is 12.4. The molecule has 202 valence electrons. The molecule has 2 atom stereocenters. The van der Waals surface area contributed by atoms with Crippen LogP contribution in [0.25, 0.3) is 0 Å². The van der Waals surface area contributed by atoms with Crippen LogP contribution in [0.15, 0.2) is 36.4 Å². The van der Waals surface area contributed by atoms with E-state index in [1.54, 1.807) is 52.0 Å². The van der Waals surface area contributed by atoms with E-state index in [-0.39, 0.29) is 23.8 Å². The van der Waals surface area contributed by atoms with Crippen molar-refractivity contribution in [1.29, 1.82) is 0 Å². The van der Waals surface area contributed by atoms with Crippen LogP contribution >= 0.6 is 0 Å². The van der Waals surface area contributed by atoms with Crippen LogP contribution in [0.2, 0.25) is 0 Å². The van der Waals surface area contributed by atoms with Gasteiger partial charge in [-0.15, -0.1) is 0 Å². The summed E-state index contributed by atoms with van der Waals surface area (Å²) < 4.78 is 5.33. The molecule has 0 aliphatic heterocycles. The lowest BCUT2D eigenvalue weighted by atomic mass is 9.95. The van der Waals surface area contributed by atoms with Gasteiger partial charge in [0.05, 0.1) is 0 Å². The third kappa shape index (κ3) is 10.0. The highest BCUT2D eigenvalue weighted by Gasteiger charge is 2.28. The molecule has 0 radical (unpaired) electrons. The maximum Gasteiger partial charge on any atom is 0.408 e. The van der Waals surface area contributed by atoms with Crippen molar-refractivity contribution in [2.24, 2.45) is 0 Å². The number of carbonyl (C=O) groups is 3. The highest BCUT2D eigenvalue weighted by molar-refractivity contribution is 5.91. The molecular formula is C28H39N3O6. The molecule has 0 saturated heterocycles. The Bertz CT molecular complexity index is 1070. The van der Waals surface area contributed by atoms with Crippen molar-refractivity contribution in [3.8, 4) is 11.5 Å². The molecule has 0 fully saturated rings. The monoisotopic (exact) mass is 513 g/mol. The zero-order chi connectivity index (χ0) is 27.8. The largest absolute Gasteiger partial charge is 0.508 e. The number of rotatable bonds is 10. The molecule has 0 bridgehead atoms. The molecule has 2 rings (SSSR count). The Morgan fingerprint density at radius 2 is 1.51 bits per heavy atom. The van der Waals surface area contributed by atoms with Crippen LogP contribution in [0.4, 0.5) is 4.79 Å². The molecule has 0 aliphatic rings. The van der Waals surface area contributed by atoms with Crippen LogP contribution < -0.4 is 16.0 Å². The van der Waals surface area contributed by atoms with Gasteiger partial charge in [-0.3, -0.25) is 9.59 Å². The number of aryl methyl sites for hydroxylation is 3. The van der Waals surface area contributed by atoms with Crippen LogP contribution in [-0.4, -0.2) is 52.4 Å². The molecule has 9 nitrogen and oxygen atoms in total.